The second kappa shape index (κ2) is 8.06. The van der Waals surface area contributed by atoms with Crippen LogP contribution in [0.1, 0.15) is 18.4 Å². The van der Waals surface area contributed by atoms with Crippen molar-refractivity contribution in [3.63, 3.8) is 0 Å². The molecule has 1 heterocycles. The molecule has 2 N–H and O–H groups in total. The highest BCUT2D eigenvalue weighted by atomic mass is 19.1. The quantitative estimate of drug-likeness (QED) is 0.594. The molecule has 0 unspecified atom stereocenters. The van der Waals surface area contributed by atoms with E-state index in [0.717, 1.165) is 17.0 Å². The average Bonchev–Trinajstić information content (AvgIpc) is 2.85. The number of halogens is 1. The Balaban J connectivity index is 1.71. The largest absolute Gasteiger partial charge is 0.324 e. The van der Waals surface area contributed by atoms with Gasteiger partial charge in [0.15, 0.2) is 0 Å². The van der Waals surface area contributed by atoms with Crippen molar-refractivity contribution < 1.29 is 9.18 Å². The molecule has 0 saturated carbocycles. The third-order valence-corrected chi connectivity index (χ3v) is 4.59. The van der Waals surface area contributed by atoms with Crippen molar-refractivity contribution in [1.82, 2.24) is 5.32 Å². The van der Waals surface area contributed by atoms with Gasteiger partial charge >= 0.3 is 6.03 Å². The second-order valence-corrected chi connectivity index (χ2v) is 6.67. The molecule has 4 rings (SSSR count). The molecule has 2 amide bonds. The Morgan fingerprint density at radius 1 is 0.828 bits per heavy atom. The predicted molar refractivity (Wildman–Crippen MR) is 114 cm³/mol. The zero-order valence-corrected chi connectivity index (χ0v) is 15.8. The topological polar surface area (TPSA) is 65.8 Å². The third-order valence-electron chi connectivity index (χ3n) is 4.59. The van der Waals surface area contributed by atoms with E-state index >= 15 is 0 Å². The maximum absolute atomic E-state index is 13.5. The Hall–Kier alpha value is -3.80. The fraction of sp³-hybridized carbons (Fsp3) is 0.0870. The summed E-state index contributed by atoms with van der Waals surface area (Å²) in [6.45, 7) is 1.88. The molecule has 1 aliphatic heterocycles. The first kappa shape index (κ1) is 18.6. The fourth-order valence-electron chi connectivity index (χ4n) is 3.25. The first-order valence-electron chi connectivity index (χ1n) is 9.21. The zero-order chi connectivity index (χ0) is 20.2. The van der Waals surface area contributed by atoms with Crippen LogP contribution in [0.5, 0.6) is 0 Å². The molecule has 6 heteroatoms. The molecule has 144 valence electrons. The van der Waals surface area contributed by atoms with E-state index in [-0.39, 0.29) is 5.82 Å². The summed E-state index contributed by atoms with van der Waals surface area (Å²) < 4.78 is 13.5. The number of fused-ring (bicyclic) bond motifs is 1. The second-order valence-electron chi connectivity index (χ2n) is 6.67. The van der Waals surface area contributed by atoms with Gasteiger partial charge in [-0.2, -0.15) is 0 Å². The molecule has 0 radical (unpaired) electrons. The lowest BCUT2D eigenvalue weighted by atomic mass is 9.93. The first-order valence-corrected chi connectivity index (χ1v) is 9.21. The summed E-state index contributed by atoms with van der Waals surface area (Å²) in [6.07, 6.45) is 0. The van der Waals surface area contributed by atoms with Crippen molar-refractivity contribution >= 4 is 34.6 Å². The Kier molecular flexibility index (Phi) is 5.16. The first-order chi connectivity index (χ1) is 14.1. The summed E-state index contributed by atoms with van der Waals surface area (Å²) in [5, 5.41) is 5.67. The minimum atomic E-state index is -0.412. The highest BCUT2D eigenvalue weighted by molar-refractivity contribution is 6.18. The number of para-hydroxylation sites is 3. The van der Waals surface area contributed by atoms with Gasteiger partial charge in [0, 0.05) is 11.4 Å². The summed E-state index contributed by atoms with van der Waals surface area (Å²) in [5.74, 6) is -0.311. The van der Waals surface area contributed by atoms with Gasteiger partial charge in [-0.3, -0.25) is 10.3 Å². The number of anilines is 1. The number of aliphatic imine (C=N–C) groups is 2. The molecule has 0 aliphatic carbocycles. The van der Waals surface area contributed by atoms with E-state index in [1.54, 1.807) is 24.3 Å². The lowest BCUT2D eigenvalue weighted by Gasteiger charge is -2.19. The van der Waals surface area contributed by atoms with Gasteiger partial charge < -0.3 is 5.32 Å². The molecule has 1 atom stereocenters. The monoisotopic (exact) mass is 386 g/mol. The molecule has 0 spiro atoms. The van der Waals surface area contributed by atoms with Crippen molar-refractivity contribution in [1.29, 1.82) is 0 Å². The molecule has 5 nitrogen and oxygen atoms in total. The molecular formula is C23H19FN4O. The standard InChI is InChI=1S/C23H19FN4O/c1-15-21(16-11-13-17(24)14-12-16)22(27-20-10-6-5-9-19(20)25-15)28-23(29)26-18-7-3-2-4-8-18/h2-14,21H,1H3,(H2,26,27,28,29)/t21-/m1/s1. The number of amides is 2. The van der Waals surface area contributed by atoms with Gasteiger partial charge in [0.25, 0.3) is 0 Å². The summed E-state index contributed by atoms with van der Waals surface area (Å²) in [7, 11) is 0. The molecule has 1 aliphatic rings. The van der Waals surface area contributed by atoms with E-state index in [9.17, 15) is 9.18 Å². The molecular weight excluding hydrogens is 367 g/mol. The number of urea groups is 1. The van der Waals surface area contributed by atoms with Crippen LogP contribution in [0, 0.1) is 5.82 Å². The number of amidine groups is 1. The van der Waals surface area contributed by atoms with E-state index in [1.165, 1.54) is 12.1 Å². The minimum Gasteiger partial charge on any atom is -0.308 e. The Labute approximate surface area is 168 Å². The van der Waals surface area contributed by atoms with Gasteiger partial charge in [-0.05, 0) is 48.9 Å². The van der Waals surface area contributed by atoms with Crippen molar-refractivity contribution in [2.75, 3.05) is 5.32 Å². The number of rotatable bonds is 2. The minimum absolute atomic E-state index is 0.325. The van der Waals surface area contributed by atoms with Crippen LogP contribution < -0.4 is 10.6 Å². The van der Waals surface area contributed by atoms with Crippen molar-refractivity contribution in [3.05, 3.63) is 90.2 Å². The number of hydrogen-bond acceptors (Lipinski definition) is 3. The number of nitrogens with zero attached hydrogens (tertiary/aromatic N) is 2. The van der Waals surface area contributed by atoms with Crippen LogP contribution in [-0.4, -0.2) is 17.6 Å². The molecule has 0 saturated heterocycles. The zero-order valence-electron chi connectivity index (χ0n) is 15.8. The van der Waals surface area contributed by atoms with Crippen LogP contribution in [-0.2, 0) is 0 Å². The molecule has 3 aromatic carbocycles. The summed E-state index contributed by atoms with van der Waals surface area (Å²) >= 11 is 0. The molecule has 0 fully saturated rings. The van der Waals surface area contributed by atoms with Crippen molar-refractivity contribution in [3.8, 4) is 0 Å². The van der Waals surface area contributed by atoms with Gasteiger partial charge in [-0.25, -0.2) is 14.2 Å². The van der Waals surface area contributed by atoms with Crippen LogP contribution in [0.15, 0.2) is 88.8 Å². The van der Waals surface area contributed by atoms with E-state index < -0.39 is 11.9 Å². The summed E-state index contributed by atoms with van der Waals surface area (Å²) in [5.41, 5.74) is 3.59. The van der Waals surface area contributed by atoms with E-state index in [1.807, 2.05) is 49.4 Å². The van der Waals surface area contributed by atoms with E-state index in [4.69, 9.17) is 4.99 Å². The number of benzene rings is 3. The van der Waals surface area contributed by atoms with Crippen LogP contribution in [0.3, 0.4) is 0 Å². The van der Waals surface area contributed by atoms with E-state index in [2.05, 4.69) is 15.6 Å². The van der Waals surface area contributed by atoms with Gasteiger partial charge in [-0.1, -0.05) is 42.5 Å². The molecule has 0 aromatic heterocycles. The van der Waals surface area contributed by atoms with Crippen LogP contribution in [0.4, 0.5) is 26.2 Å². The Morgan fingerprint density at radius 2 is 1.45 bits per heavy atom. The van der Waals surface area contributed by atoms with Gasteiger partial charge in [0.1, 0.15) is 11.7 Å². The number of carbonyl (C=O) groups excluding carboxylic acids is 1. The Morgan fingerprint density at radius 3 is 2.14 bits per heavy atom. The number of hydrogen-bond donors (Lipinski definition) is 2. The van der Waals surface area contributed by atoms with Gasteiger partial charge in [0.2, 0.25) is 0 Å². The van der Waals surface area contributed by atoms with Crippen LogP contribution in [0.2, 0.25) is 0 Å². The number of nitrogens with one attached hydrogen (secondary N) is 2. The van der Waals surface area contributed by atoms with Crippen molar-refractivity contribution in [2.45, 2.75) is 12.8 Å². The molecule has 29 heavy (non-hydrogen) atoms. The van der Waals surface area contributed by atoms with Gasteiger partial charge in [-0.15, -0.1) is 0 Å². The molecule has 0 bridgehead atoms. The van der Waals surface area contributed by atoms with Crippen LogP contribution in [0.25, 0.3) is 0 Å². The highest BCUT2D eigenvalue weighted by Gasteiger charge is 2.26. The lowest BCUT2D eigenvalue weighted by molar-refractivity contribution is 0.256. The van der Waals surface area contributed by atoms with Gasteiger partial charge in [0.05, 0.1) is 17.3 Å². The molecule has 3 aromatic rings. The van der Waals surface area contributed by atoms with Crippen LogP contribution >= 0.6 is 0 Å². The van der Waals surface area contributed by atoms with Crippen molar-refractivity contribution in [2.24, 2.45) is 9.98 Å². The maximum Gasteiger partial charge on any atom is 0.324 e. The normalized spacial score (nSPS) is 15.4. The third kappa shape index (κ3) is 4.21. The summed E-state index contributed by atoms with van der Waals surface area (Å²) in [4.78, 5) is 22.0. The summed E-state index contributed by atoms with van der Waals surface area (Å²) in [6, 6.07) is 22.4. The van der Waals surface area contributed by atoms with E-state index in [0.29, 0.717) is 17.2 Å². The maximum atomic E-state index is 13.5. The number of carbonyl (C=O) groups is 1. The SMILES string of the molecule is CC1=Nc2ccccc2N=C(NC(=O)Nc2ccccc2)[C@H]1c1ccc(F)cc1. The lowest BCUT2D eigenvalue weighted by Crippen LogP contribution is -2.39. The average molecular weight is 386 g/mol. The predicted octanol–water partition coefficient (Wildman–Crippen LogP) is 5.57. The highest BCUT2D eigenvalue weighted by Crippen LogP contribution is 2.34. The Bertz CT molecular complexity index is 1090. The fourth-order valence-corrected chi connectivity index (χ4v) is 3.25. The smallest absolute Gasteiger partial charge is 0.308 e.